The fourth-order valence-corrected chi connectivity index (χ4v) is 4.86. The van der Waals surface area contributed by atoms with Gasteiger partial charge in [0, 0.05) is 24.0 Å². The molecule has 47 heavy (non-hydrogen) atoms. The van der Waals surface area contributed by atoms with Crippen molar-refractivity contribution in [3.63, 3.8) is 0 Å². The Balaban J connectivity index is 0.00000245. The van der Waals surface area contributed by atoms with Gasteiger partial charge in [0.1, 0.15) is 24.5 Å². The minimum absolute atomic E-state index is 0.0331. The lowest BCUT2D eigenvalue weighted by molar-refractivity contribution is 0.0413. The van der Waals surface area contributed by atoms with Crippen LogP contribution in [0, 0.1) is 11.6 Å². The zero-order valence-corrected chi connectivity index (χ0v) is 26.9. The van der Waals surface area contributed by atoms with Crippen LogP contribution in [0.1, 0.15) is 61.8 Å². The Morgan fingerprint density at radius 3 is 2.26 bits per heavy atom. The van der Waals surface area contributed by atoms with E-state index in [1.54, 1.807) is 43.9 Å². The topological polar surface area (TPSA) is 146 Å². The Morgan fingerprint density at radius 1 is 0.936 bits per heavy atom. The van der Waals surface area contributed by atoms with Crippen molar-refractivity contribution >= 4 is 35.0 Å². The van der Waals surface area contributed by atoms with E-state index in [1.807, 2.05) is 38.1 Å². The van der Waals surface area contributed by atoms with Crippen molar-refractivity contribution in [2.45, 2.75) is 59.9 Å². The fourth-order valence-electron chi connectivity index (χ4n) is 4.86. The first-order valence-electron chi connectivity index (χ1n) is 15.1. The van der Waals surface area contributed by atoms with Crippen molar-refractivity contribution in [2.24, 2.45) is 0 Å². The average Bonchev–Trinajstić information content (AvgIpc) is 3.47. The van der Waals surface area contributed by atoms with Crippen molar-refractivity contribution in [1.82, 2.24) is 20.2 Å². The number of aromatic nitrogens is 2. The number of ether oxygens (including phenoxy) is 3. The number of alkyl carbamates (subject to hydrolysis) is 1. The second-order valence-corrected chi connectivity index (χ2v) is 11.3. The van der Waals surface area contributed by atoms with E-state index in [-0.39, 0.29) is 41.8 Å². The van der Waals surface area contributed by atoms with Crippen LogP contribution in [0.5, 0.6) is 0 Å². The Hall–Kier alpha value is -5.33. The van der Waals surface area contributed by atoms with Gasteiger partial charge < -0.3 is 30.2 Å². The second-order valence-electron chi connectivity index (χ2n) is 11.3. The average molecular weight is 650 g/mol. The third kappa shape index (κ3) is 8.69. The minimum atomic E-state index is -1.14. The first kappa shape index (κ1) is 34.5. The van der Waals surface area contributed by atoms with Gasteiger partial charge in [-0.15, -0.1) is 0 Å². The van der Waals surface area contributed by atoms with Crippen LogP contribution in [0.15, 0.2) is 54.6 Å². The molecule has 0 saturated carbocycles. The molecule has 0 bridgehead atoms. The molecule has 0 saturated heterocycles. The fraction of sp³-hybridized carbons (Fsp3) is 0.324. The standard InChI is InChI=1S/C32H31F2N5O6.C2H6/c1-32(2,3)45-30(41)36-10-11-43-31(42)44-17-21-13-24(33)25(34)14-22(21)18-8-9-26-23(12-18)27(38-29(35)37-26)28(40)39-15-19-6-4-5-7-20(19)16-39;1-2/h4-9,12-14H,10-11,15-17H2,1-3H3,(H,36,41)(H2,35,37,38);1-2H3. The third-order valence-corrected chi connectivity index (χ3v) is 6.84. The maximum atomic E-state index is 14.5. The number of hydrogen-bond donors (Lipinski definition) is 2. The van der Waals surface area contributed by atoms with E-state index in [4.69, 9.17) is 19.9 Å². The molecule has 11 nitrogen and oxygen atoms in total. The van der Waals surface area contributed by atoms with Crippen LogP contribution in [0.2, 0.25) is 0 Å². The summed E-state index contributed by atoms with van der Waals surface area (Å²) in [5.41, 5.74) is 8.49. The predicted octanol–water partition coefficient (Wildman–Crippen LogP) is 6.52. The molecule has 0 radical (unpaired) electrons. The van der Waals surface area contributed by atoms with Crippen LogP contribution >= 0.6 is 0 Å². The van der Waals surface area contributed by atoms with Crippen molar-refractivity contribution in [2.75, 3.05) is 18.9 Å². The zero-order valence-electron chi connectivity index (χ0n) is 26.9. The monoisotopic (exact) mass is 649 g/mol. The predicted molar refractivity (Wildman–Crippen MR) is 171 cm³/mol. The molecule has 2 heterocycles. The molecule has 0 aliphatic carbocycles. The highest BCUT2D eigenvalue weighted by atomic mass is 19.2. The number of fused-ring (bicyclic) bond motifs is 2. The smallest absolute Gasteiger partial charge is 0.444 e. The zero-order chi connectivity index (χ0) is 34.3. The summed E-state index contributed by atoms with van der Waals surface area (Å²) in [6.45, 7) is 9.22. The summed E-state index contributed by atoms with van der Waals surface area (Å²) in [6, 6.07) is 14.4. The lowest BCUT2D eigenvalue weighted by Crippen LogP contribution is -2.34. The summed E-state index contributed by atoms with van der Waals surface area (Å²) < 4.78 is 44.0. The summed E-state index contributed by atoms with van der Waals surface area (Å²) >= 11 is 0. The van der Waals surface area contributed by atoms with Gasteiger partial charge in [-0.25, -0.2) is 28.3 Å². The summed E-state index contributed by atoms with van der Waals surface area (Å²) in [7, 11) is 0. The Morgan fingerprint density at radius 2 is 1.60 bits per heavy atom. The minimum Gasteiger partial charge on any atom is -0.444 e. The molecule has 0 atom stereocenters. The number of rotatable bonds is 7. The maximum absolute atomic E-state index is 14.5. The van der Waals surface area contributed by atoms with Gasteiger partial charge >= 0.3 is 12.2 Å². The molecule has 2 amide bonds. The Bertz CT molecular complexity index is 1770. The van der Waals surface area contributed by atoms with Crippen molar-refractivity contribution in [3.05, 3.63) is 88.6 Å². The SMILES string of the molecule is CC.CC(C)(C)OC(=O)NCCOC(=O)OCc1cc(F)c(F)cc1-c1ccc2nc(N)nc(C(=O)N3Cc4ccccc4C3)c2c1. The van der Waals surface area contributed by atoms with Crippen LogP contribution in [0.3, 0.4) is 0 Å². The first-order valence-corrected chi connectivity index (χ1v) is 15.1. The number of amides is 2. The van der Waals surface area contributed by atoms with Crippen LogP contribution in [0.4, 0.5) is 24.3 Å². The molecule has 13 heteroatoms. The molecule has 1 aliphatic rings. The number of carbonyl (C=O) groups is 3. The molecule has 0 unspecified atom stereocenters. The highest BCUT2D eigenvalue weighted by Crippen LogP contribution is 2.32. The molecule has 5 rings (SSSR count). The largest absolute Gasteiger partial charge is 0.508 e. The van der Waals surface area contributed by atoms with Crippen molar-refractivity contribution in [1.29, 1.82) is 0 Å². The van der Waals surface area contributed by atoms with Crippen molar-refractivity contribution < 1.29 is 37.4 Å². The van der Waals surface area contributed by atoms with Gasteiger partial charge in [0.05, 0.1) is 12.1 Å². The molecule has 1 aliphatic heterocycles. The van der Waals surface area contributed by atoms with E-state index < -0.39 is 36.1 Å². The summed E-state index contributed by atoms with van der Waals surface area (Å²) in [5, 5.41) is 2.79. The quantitative estimate of drug-likeness (QED) is 0.169. The highest BCUT2D eigenvalue weighted by Gasteiger charge is 2.27. The van der Waals surface area contributed by atoms with E-state index in [1.165, 1.54) is 0 Å². The molecule has 248 valence electrons. The van der Waals surface area contributed by atoms with Crippen LogP contribution < -0.4 is 11.1 Å². The van der Waals surface area contributed by atoms with Gasteiger partial charge in [-0.2, -0.15) is 0 Å². The van der Waals surface area contributed by atoms with Crippen LogP contribution in [-0.2, 0) is 33.9 Å². The number of hydrogen-bond acceptors (Lipinski definition) is 9. The van der Waals surface area contributed by atoms with Crippen LogP contribution in [-0.4, -0.2) is 51.8 Å². The number of nitrogens with one attached hydrogen (secondary N) is 1. The Kier molecular flexibility index (Phi) is 10.9. The molecular formula is C34H37F2N5O6. The van der Waals surface area contributed by atoms with E-state index >= 15 is 0 Å². The summed E-state index contributed by atoms with van der Waals surface area (Å²) in [6.07, 6.45) is -1.76. The summed E-state index contributed by atoms with van der Waals surface area (Å²) in [5.74, 6) is -2.71. The van der Waals surface area contributed by atoms with Gasteiger partial charge in [0.2, 0.25) is 5.95 Å². The maximum Gasteiger partial charge on any atom is 0.508 e. The number of nitrogens with zero attached hydrogens (tertiary/aromatic N) is 3. The summed E-state index contributed by atoms with van der Waals surface area (Å²) in [4.78, 5) is 47.7. The van der Waals surface area contributed by atoms with Gasteiger partial charge in [-0.3, -0.25) is 4.79 Å². The third-order valence-electron chi connectivity index (χ3n) is 6.84. The first-order chi connectivity index (χ1) is 22.4. The number of carbonyl (C=O) groups excluding carboxylic acids is 3. The molecular weight excluding hydrogens is 612 g/mol. The Labute approximate surface area is 271 Å². The number of nitrogen functional groups attached to an aromatic ring is 1. The highest BCUT2D eigenvalue weighted by molar-refractivity contribution is 6.06. The number of nitrogens with two attached hydrogens (primary N) is 1. The molecule has 0 fully saturated rings. The van der Waals surface area contributed by atoms with Gasteiger partial charge in [-0.1, -0.05) is 44.2 Å². The lowest BCUT2D eigenvalue weighted by Gasteiger charge is -2.19. The lowest BCUT2D eigenvalue weighted by atomic mass is 9.97. The molecule has 0 spiro atoms. The van der Waals surface area contributed by atoms with E-state index in [2.05, 4.69) is 15.3 Å². The van der Waals surface area contributed by atoms with Gasteiger partial charge in [0.25, 0.3) is 5.91 Å². The second kappa shape index (κ2) is 14.8. The molecule has 3 N–H and O–H groups in total. The van der Waals surface area contributed by atoms with Crippen LogP contribution in [0.25, 0.3) is 22.0 Å². The number of halogens is 2. The number of benzene rings is 3. The van der Waals surface area contributed by atoms with E-state index in [0.717, 1.165) is 23.3 Å². The van der Waals surface area contributed by atoms with Gasteiger partial charge in [0.15, 0.2) is 11.6 Å². The van der Waals surface area contributed by atoms with Gasteiger partial charge in [-0.05, 0) is 67.3 Å². The van der Waals surface area contributed by atoms with Crippen molar-refractivity contribution in [3.8, 4) is 11.1 Å². The number of anilines is 1. The molecule has 3 aromatic carbocycles. The normalized spacial score (nSPS) is 12.1. The van der Waals surface area contributed by atoms with E-state index in [0.29, 0.717) is 29.6 Å². The van der Waals surface area contributed by atoms with E-state index in [9.17, 15) is 23.2 Å². The molecule has 1 aromatic heterocycles. The molecule has 4 aromatic rings.